The van der Waals surface area contributed by atoms with Gasteiger partial charge in [0.15, 0.2) is 0 Å². The van der Waals surface area contributed by atoms with Gasteiger partial charge in [-0.05, 0) is 24.6 Å². The summed E-state index contributed by atoms with van der Waals surface area (Å²) in [5, 5.41) is 0. The van der Waals surface area contributed by atoms with Crippen molar-refractivity contribution in [1.29, 1.82) is 0 Å². The highest BCUT2D eigenvalue weighted by molar-refractivity contribution is 5.78. The lowest BCUT2D eigenvalue weighted by Gasteiger charge is -2.03. The van der Waals surface area contributed by atoms with Crippen molar-refractivity contribution >= 4 is 16.7 Å². The number of rotatable bonds is 4. The summed E-state index contributed by atoms with van der Waals surface area (Å²) in [5.74, 6) is 0. The Bertz CT molecular complexity index is 445. The molecule has 0 aliphatic rings. The van der Waals surface area contributed by atoms with E-state index in [-0.39, 0.29) is 0 Å². The maximum atomic E-state index is 5.77. The van der Waals surface area contributed by atoms with E-state index < -0.39 is 0 Å². The molecule has 0 spiro atoms. The van der Waals surface area contributed by atoms with Crippen LogP contribution in [0.5, 0.6) is 0 Å². The SMILES string of the molecule is CCCCCn1cnc2ccc(N)cc21. The summed E-state index contributed by atoms with van der Waals surface area (Å²) in [6.07, 6.45) is 5.62. The van der Waals surface area contributed by atoms with Crippen LogP contribution in [0.2, 0.25) is 0 Å². The van der Waals surface area contributed by atoms with Crippen LogP contribution < -0.4 is 5.73 Å². The highest BCUT2D eigenvalue weighted by atomic mass is 15.0. The second-order valence-electron chi connectivity index (χ2n) is 3.89. The summed E-state index contributed by atoms with van der Waals surface area (Å²) < 4.78 is 2.18. The summed E-state index contributed by atoms with van der Waals surface area (Å²) in [4.78, 5) is 4.35. The van der Waals surface area contributed by atoms with Crippen LogP contribution in [0, 0.1) is 0 Å². The molecular weight excluding hydrogens is 186 g/mol. The van der Waals surface area contributed by atoms with Gasteiger partial charge in [-0.3, -0.25) is 0 Å². The molecule has 0 fully saturated rings. The van der Waals surface area contributed by atoms with Gasteiger partial charge in [-0.15, -0.1) is 0 Å². The third-order valence-corrected chi connectivity index (χ3v) is 2.65. The van der Waals surface area contributed by atoms with E-state index in [0.717, 1.165) is 23.3 Å². The number of nitrogens with zero attached hydrogens (tertiary/aromatic N) is 2. The van der Waals surface area contributed by atoms with Crippen LogP contribution in [0.1, 0.15) is 26.2 Å². The molecule has 0 saturated carbocycles. The Morgan fingerprint density at radius 2 is 2.20 bits per heavy atom. The maximum Gasteiger partial charge on any atom is 0.0958 e. The Labute approximate surface area is 89.9 Å². The van der Waals surface area contributed by atoms with E-state index >= 15 is 0 Å². The fourth-order valence-electron chi connectivity index (χ4n) is 1.78. The summed E-state index contributed by atoms with van der Waals surface area (Å²) >= 11 is 0. The van der Waals surface area contributed by atoms with Gasteiger partial charge in [-0.2, -0.15) is 0 Å². The van der Waals surface area contributed by atoms with Crippen molar-refractivity contribution in [2.24, 2.45) is 0 Å². The van der Waals surface area contributed by atoms with Gasteiger partial charge < -0.3 is 10.3 Å². The van der Waals surface area contributed by atoms with E-state index in [0.29, 0.717) is 0 Å². The van der Waals surface area contributed by atoms with E-state index in [1.165, 1.54) is 19.3 Å². The molecule has 0 saturated heterocycles. The average Bonchev–Trinajstić information content (AvgIpc) is 2.62. The molecule has 0 bridgehead atoms. The number of benzene rings is 1. The number of aryl methyl sites for hydroxylation is 1. The highest BCUT2D eigenvalue weighted by Crippen LogP contribution is 2.16. The fourth-order valence-corrected chi connectivity index (χ4v) is 1.78. The standard InChI is InChI=1S/C12H17N3/c1-2-3-4-7-15-9-14-11-6-5-10(13)8-12(11)15/h5-6,8-9H,2-4,7,13H2,1H3. The lowest BCUT2D eigenvalue weighted by molar-refractivity contribution is 0.613. The van der Waals surface area contributed by atoms with Gasteiger partial charge in [-0.1, -0.05) is 19.8 Å². The third-order valence-electron chi connectivity index (χ3n) is 2.65. The predicted octanol–water partition coefficient (Wildman–Crippen LogP) is 2.81. The first-order valence-electron chi connectivity index (χ1n) is 5.51. The van der Waals surface area contributed by atoms with Crippen molar-refractivity contribution in [1.82, 2.24) is 9.55 Å². The lowest BCUT2D eigenvalue weighted by atomic mass is 10.2. The fraction of sp³-hybridized carbons (Fsp3) is 0.417. The van der Waals surface area contributed by atoms with Gasteiger partial charge in [-0.25, -0.2) is 4.98 Å². The number of hydrogen-bond acceptors (Lipinski definition) is 2. The normalized spacial score (nSPS) is 11.0. The number of hydrogen-bond donors (Lipinski definition) is 1. The van der Waals surface area contributed by atoms with Gasteiger partial charge in [0.2, 0.25) is 0 Å². The number of nitrogens with two attached hydrogens (primary N) is 1. The Hall–Kier alpha value is -1.51. The zero-order valence-electron chi connectivity index (χ0n) is 9.11. The van der Waals surface area contributed by atoms with Gasteiger partial charge in [0, 0.05) is 12.2 Å². The Balaban J connectivity index is 2.23. The molecule has 1 aromatic carbocycles. The molecule has 0 radical (unpaired) electrons. The highest BCUT2D eigenvalue weighted by Gasteiger charge is 2.01. The molecule has 2 aromatic rings. The van der Waals surface area contributed by atoms with Crippen LogP contribution in [0.25, 0.3) is 11.0 Å². The lowest BCUT2D eigenvalue weighted by Crippen LogP contribution is -1.96. The molecule has 3 heteroatoms. The molecule has 2 rings (SSSR count). The van der Waals surface area contributed by atoms with Crippen LogP contribution in [0.4, 0.5) is 5.69 Å². The van der Waals surface area contributed by atoms with Crippen LogP contribution in [-0.4, -0.2) is 9.55 Å². The molecule has 3 nitrogen and oxygen atoms in total. The van der Waals surface area contributed by atoms with E-state index in [4.69, 9.17) is 5.73 Å². The van der Waals surface area contributed by atoms with Crippen LogP contribution in [0.3, 0.4) is 0 Å². The largest absolute Gasteiger partial charge is 0.399 e. The Morgan fingerprint density at radius 1 is 1.33 bits per heavy atom. The minimum absolute atomic E-state index is 0.805. The number of aromatic nitrogens is 2. The second kappa shape index (κ2) is 4.34. The molecule has 0 aliphatic heterocycles. The van der Waals surface area contributed by atoms with Gasteiger partial charge in [0.25, 0.3) is 0 Å². The molecule has 1 heterocycles. The van der Waals surface area contributed by atoms with Crippen molar-refractivity contribution < 1.29 is 0 Å². The maximum absolute atomic E-state index is 5.77. The zero-order chi connectivity index (χ0) is 10.7. The van der Waals surface area contributed by atoms with Gasteiger partial charge >= 0.3 is 0 Å². The number of fused-ring (bicyclic) bond motifs is 1. The second-order valence-corrected chi connectivity index (χ2v) is 3.89. The summed E-state index contributed by atoms with van der Waals surface area (Å²) in [5.41, 5.74) is 8.74. The molecule has 0 amide bonds. The average molecular weight is 203 g/mol. The van der Waals surface area contributed by atoms with Gasteiger partial charge in [0.1, 0.15) is 0 Å². The zero-order valence-corrected chi connectivity index (χ0v) is 9.11. The van der Waals surface area contributed by atoms with Crippen molar-refractivity contribution in [3.05, 3.63) is 24.5 Å². The molecule has 2 N–H and O–H groups in total. The van der Waals surface area contributed by atoms with Crippen LogP contribution in [-0.2, 0) is 6.54 Å². The number of nitrogen functional groups attached to an aromatic ring is 1. The van der Waals surface area contributed by atoms with Crippen LogP contribution >= 0.6 is 0 Å². The summed E-state index contributed by atoms with van der Waals surface area (Å²) in [6, 6.07) is 5.86. The van der Waals surface area contributed by atoms with Crippen molar-refractivity contribution in [3.63, 3.8) is 0 Å². The number of unbranched alkanes of at least 4 members (excludes halogenated alkanes) is 2. The molecule has 0 aliphatic carbocycles. The minimum atomic E-state index is 0.805. The van der Waals surface area contributed by atoms with Crippen molar-refractivity contribution in [2.45, 2.75) is 32.7 Å². The van der Waals surface area contributed by atoms with Crippen molar-refractivity contribution in [2.75, 3.05) is 5.73 Å². The monoisotopic (exact) mass is 203 g/mol. The third kappa shape index (κ3) is 2.12. The predicted molar refractivity (Wildman–Crippen MR) is 63.7 cm³/mol. The van der Waals surface area contributed by atoms with E-state index in [1.807, 2.05) is 24.5 Å². The first-order valence-corrected chi connectivity index (χ1v) is 5.51. The molecule has 0 unspecified atom stereocenters. The molecular formula is C12H17N3. The molecule has 1 aromatic heterocycles. The molecule has 0 atom stereocenters. The van der Waals surface area contributed by atoms with E-state index in [2.05, 4.69) is 16.5 Å². The number of anilines is 1. The Kier molecular flexibility index (Phi) is 2.90. The first-order chi connectivity index (χ1) is 7.31. The van der Waals surface area contributed by atoms with E-state index in [9.17, 15) is 0 Å². The smallest absolute Gasteiger partial charge is 0.0958 e. The molecule has 15 heavy (non-hydrogen) atoms. The van der Waals surface area contributed by atoms with Crippen LogP contribution in [0.15, 0.2) is 24.5 Å². The number of imidazole rings is 1. The van der Waals surface area contributed by atoms with Crippen molar-refractivity contribution in [3.8, 4) is 0 Å². The van der Waals surface area contributed by atoms with E-state index in [1.54, 1.807) is 0 Å². The topological polar surface area (TPSA) is 43.8 Å². The Morgan fingerprint density at radius 3 is 3.00 bits per heavy atom. The minimum Gasteiger partial charge on any atom is -0.399 e. The molecule has 80 valence electrons. The van der Waals surface area contributed by atoms with Gasteiger partial charge in [0.05, 0.1) is 17.4 Å². The quantitative estimate of drug-likeness (QED) is 0.613. The summed E-state index contributed by atoms with van der Waals surface area (Å²) in [7, 11) is 0. The first kappa shape index (κ1) is 10.0. The summed E-state index contributed by atoms with van der Waals surface area (Å²) in [6.45, 7) is 3.25.